The first kappa shape index (κ1) is 17.7. The van der Waals surface area contributed by atoms with Crippen molar-refractivity contribution in [3.8, 4) is 5.75 Å². The van der Waals surface area contributed by atoms with Crippen LogP contribution in [-0.2, 0) is 4.84 Å². The third-order valence-electron chi connectivity index (χ3n) is 4.35. The molecule has 4 rings (SSSR count). The number of halogens is 1. The van der Waals surface area contributed by atoms with Crippen molar-refractivity contribution in [1.82, 2.24) is 0 Å². The summed E-state index contributed by atoms with van der Waals surface area (Å²) >= 11 is 0. The van der Waals surface area contributed by atoms with Crippen LogP contribution in [0.5, 0.6) is 5.75 Å². The van der Waals surface area contributed by atoms with E-state index in [-0.39, 0.29) is 12.4 Å². The van der Waals surface area contributed by atoms with Gasteiger partial charge in [-0.15, -0.1) is 0 Å². The maximum Gasteiger partial charge on any atom is 0.344 e. The maximum atomic E-state index is 13.1. The third-order valence-corrected chi connectivity index (χ3v) is 4.35. The molecule has 28 heavy (non-hydrogen) atoms. The Labute approximate surface area is 159 Å². The second kappa shape index (κ2) is 7.52. The third kappa shape index (κ3) is 3.44. The monoisotopic (exact) mass is 377 g/mol. The lowest BCUT2D eigenvalue weighted by atomic mass is 10.1. The molecule has 0 spiro atoms. The maximum absolute atomic E-state index is 13.1. The van der Waals surface area contributed by atoms with Gasteiger partial charge in [-0.3, -0.25) is 0 Å². The Kier molecular flexibility index (Phi) is 4.76. The molecule has 1 aromatic heterocycles. The lowest BCUT2D eigenvalue weighted by molar-refractivity contribution is 0.210. The van der Waals surface area contributed by atoms with E-state index in [0.29, 0.717) is 28.0 Å². The minimum Gasteiger partial charge on any atom is -0.487 e. The van der Waals surface area contributed by atoms with Gasteiger partial charge in [-0.05, 0) is 47.9 Å². The van der Waals surface area contributed by atoms with Crippen LogP contribution >= 0.6 is 0 Å². The molecule has 1 heterocycles. The Hall–Kier alpha value is -3.67. The van der Waals surface area contributed by atoms with Crippen LogP contribution in [0.1, 0.15) is 5.56 Å². The van der Waals surface area contributed by atoms with E-state index in [1.54, 1.807) is 36.4 Å². The Morgan fingerprint density at radius 3 is 2.50 bits per heavy atom. The van der Waals surface area contributed by atoms with Crippen LogP contribution < -0.4 is 10.4 Å². The summed E-state index contributed by atoms with van der Waals surface area (Å²) in [5.41, 5.74) is 1.23. The normalized spacial score (nSPS) is 11.7. The molecular formula is C22H16FNO4. The number of nitrogens with zero attached hydrogens (tertiary/aromatic N) is 1. The van der Waals surface area contributed by atoms with E-state index in [1.165, 1.54) is 19.2 Å². The van der Waals surface area contributed by atoms with Crippen LogP contribution in [0.2, 0.25) is 0 Å². The average molecular weight is 377 g/mol. The summed E-state index contributed by atoms with van der Waals surface area (Å²) in [6.07, 6.45) is 0. The first-order valence-corrected chi connectivity index (χ1v) is 8.60. The van der Waals surface area contributed by atoms with Crippen LogP contribution in [0.15, 0.2) is 81.1 Å². The molecule has 0 bridgehead atoms. The predicted molar refractivity (Wildman–Crippen MR) is 105 cm³/mol. The number of rotatable bonds is 5. The van der Waals surface area contributed by atoms with Crippen LogP contribution in [0, 0.1) is 5.82 Å². The number of hydrogen-bond acceptors (Lipinski definition) is 5. The average Bonchev–Trinajstić information content (AvgIpc) is 2.72. The Morgan fingerprint density at radius 1 is 1.00 bits per heavy atom. The van der Waals surface area contributed by atoms with Gasteiger partial charge < -0.3 is 14.0 Å². The van der Waals surface area contributed by atoms with E-state index >= 15 is 0 Å². The molecule has 0 radical (unpaired) electrons. The molecule has 0 unspecified atom stereocenters. The number of ether oxygens (including phenoxy) is 1. The number of fused-ring (bicyclic) bond motifs is 3. The molecule has 4 aromatic rings. The first-order valence-electron chi connectivity index (χ1n) is 8.60. The van der Waals surface area contributed by atoms with E-state index in [1.807, 2.05) is 18.2 Å². The van der Waals surface area contributed by atoms with Gasteiger partial charge in [0.15, 0.2) is 0 Å². The van der Waals surface area contributed by atoms with E-state index in [9.17, 15) is 9.18 Å². The van der Waals surface area contributed by atoms with Gasteiger partial charge in [0.05, 0.1) is 5.39 Å². The molecule has 0 N–H and O–H groups in total. The number of benzene rings is 3. The SMILES string of the molecule is CO/N=C(/COc1ccc2c(c1)oc(=O)c1ccccc12)c1ccc(F)cc1. The largest absolute Gasteiger partial charge is 0.487 e. The highest BCUT2D eigenvalue weighted by Crippen LogP contribution is 2.26. The predicted octanol–water partition coefficient (Wildman–Crippen LogP) is 4.51. The Morgan fingerprint density at radius 2 is 1.75 bits per heavy atom. The lowest BCUT2D eigenvalue weighted by Gasteiger charge is -2.10. The smallest absolute Gasteiger partial charge is 0.344 e. The van der Waals surface area contributed by atoms with Crippen LogP contribution in [0.4, 0.5) is 4.39 Å². The summed E-state index contributed by atoms with van der Waals surface area (Å²) in [5, 5.41) is 6.14. The molecule has 0 amide bonds. The van der Waals surface area contributed by atoms with Crippen LogP contribution in [0.25, 0.3) is 21.7 Å². The molecule has 0 aliphatic rings. The van der Waals surface area contributed by atoms with Gasteiger partial charge in [0.1, 0.15) is 36.6 Å². The van der Waals surface area contributed by atoms with Crippen molar-refractivity contribution in [3.63, 3.8) is 0 Å². The van der Waals surface area contributed by atoms with E-state index < -0.39 is 5.63 Å². The zero-order valence-electron chi connectivity index (χ0n) is 15.0. The van der Waals surface area contributed by atoms with Gasteiger partial charge in [-0.25, -0.2) is 9.18 Å². The molecule has 0 atom stereocenters. The van der Waals surface area contributed by atoms with E-state index in [0.717, 1.165) is 10.8 Å². The minimum absolute atomic E-state index is 0.1000. The molecule has 0 fully saturated rings. The summed E-state index contributed by atoms with van der Waals surface area (Å²) in [7, 11) is 1.43. The summed E-state index contributed by atoms with van der Waals surface area (Å²) in [6.45, 7) is 0.1000. The van der Waals surface area contributed by atoms with Crippen molar-refractivity contribution in [1.29, 1.82) is 0 Å². The van der Waals surface area contributed by atoms with E-state index in [4.69, 9.17) is 14.0 Å². The summed E-state index contributed by atoms with van der Waals surface area (Å²) in [4.78, 5) is 17.1. The summed E-state index contributed by atoms with van der Waals surface area (Å²) < 4.78 is 24.4. The van der Waals surface area contributed by atoms with Crippen molar-refractivity contribution in [2.75, 3.05) is 13.7 Å². The highest BCUT2D eigenvalue weighted by molar-refractivity contribution is 6.04. The highest BCUT2D eigenvalue weighted by atomic mass is 19.1. The van der Waals surface area contributed by atoms with Crippen LogP contribution in [-0.4, -0.2) is 19.4 Å². The zero-order valence-corrected chi connectivity index (χ0v) is 15.0. The summed E-state index contributed by atoms with van der Waals surface area (Å²) in [5.74, 6) is 0.176. The van der Waals surface area contributed by atoms with Gasteiger partial charge in [-0.2, -0.15) is 0 Å². The fourth-order valence-electron chi connectivity index (χ4n) is 3.02. The Balaban J connectivity index is 1.64. The van der Waals surface area contributed by atoms with Crippen LogP contribution in [0.3, 0.4) is 0 Å². The standard InChI is InChI=1S/C22H16FNO4/c1-26-24-20(14-6-8-15(23)9-7-14)13-27-16-10-11-18-17-4-2-3-5-19(17)22(25)28-21(18)12-16/h2-12H,13H2,1H3/b24-20-. The fraction of sp³-hybridized carbons (Fsp3) is 0.0909. The molecule has 0 aliphatic carbocycles. The fourth-order valence-corrected chi connectivity index (χ4v) is 3.02. The van der Waals surface area contributed by atoms with Crippen molar-refractivity contribution < 1.29 is 18.4 Å². The second-order valence-electron chi connectivity index (χ2n) is 6.11. The highest BCUT2D eigenvalue weighted by Gasteiger charge is 2.10. The molecule has 0 aliphatic heterocycles. The van der Waals surface area contributed by atoms with Gasteiger partial charge in [0, 0.05) is 17.0 Å². The molecule has 0 saturated carbocycles. The molecule has 140 valence electrons. The van der Waals surface area contributed by atoms with Crippen molar-refractivity contribution >= 4 is 27.5 Å². The van der Waals surface area contributed by atoms with E-state index in [2.05, 4.69) is 5.16 Å². The number of hydrogen-bond donors (Lipinski definition) is 0. The van der Waals surface area contributed by atoms with Gasteiger partial charge >= 0.3 is 5.63 Å². The zero-order chi connectivity index (χ0) is 19.5. The topological polar surface area (TPSA) is 61.0 Å². The lowest BCUT2D eigenvalue weighted by Crippen LogP contribution is -2.13. The molecule has 3 aromatic carbocycles. The van der Waals surface area contributed by atoms with Gasteiger partial charge in [0.2, 0.25) is 0 Å². The summed E-state index contributed by atoms with van der Waals surface area (Å²) in [6, 6.07) is 18.5. The van der Waals surface area contributed by atoms with Gasteiger partial charge in [0.25, 0.3) is 0 Å². The van der Waals surface area contributed by atoms with Crippen molar-refractivity contribution in [2.45, 2.75) is 0 Å². The second-order valence-corrected chi connectivity index (χ2v) is 6.11. The van der Waals surface area contributed by atoms with Crippen molar-refractivity contribution in [2.24, 2.45) is 5.16 Å². The first-order chi connectivity index (χ1) is 13.7. The molecule has 6 heteroatoms. The molecular weight excluding hydrogens is 361 g/mol. The molecule has 0 saturated heterocycles. The Bertz CT molecular complexity index is 1230. The minimum atomic E-state index is -0.395. The quantitative estimate of drug-likeness (QED) is 0.222. The van der Waals surface area contributed by atoms with Gasteiger partial charge in [-0.1, -0.05) is 23.4 Å². The number of oxime groups is 1. The molecule has 5 nitrogen and oxygen atoms in total. The van der Waals surface area contributed by atoms with Crippen molar-refractivity contribution in [3.05, 3.63) is 88.5 Å².